The fourth-order valence-electron chi connectivity index (χ4n) is 2.87. The fourth-order valence-corrected chi connectivity index (χ4v) is 2.87. The molecule has 1 aliphatic carbocycles. The fraction of sp³-hybridized carbons (Fsp3) is 0.588. The highest BCUT2D eigenvalue weighted by atomic mass is 16.1. The first-order valence-corrected chi connectivity index (χ1v) is 7.64. The number of hydrogen-bond donors (Lipinski definition) is 2. The molecule has 0 radical (unpaired) electrons. The standard InChI is InChI=1S/C17H26N2O/c1-12(2)19-17(20)8-9-18-15-10-14(11-15)16-7-5-4-6-13(16)3/h4-7,12,14-15,18H,8-11H2,1-3H3,(H,19,20). The number of amides is 1. The second kappa shape index (κ2) is 6.89. The van der Waals surface area contributed by atoms with Gasteiger partial charge >= 0.3 is 0 Å². The molecule has 1 aromatic carbocycles. The molecule has 1 fully saturated rings. The summed E-state index contributed by atoms with van der Waals surface area (Å²) in [6.07, 6.45) is 2.96. The molecule has 1 saturated carbocycles. The normalized spacial score (nSPS) is 21.6. The van der Waals surface area contributed by atoms with Crippen LogP contribution in [0.5, 0.6) is 0 Å². The average molecular weight is 274 g/mol. The number of aryl methyl sites for hydroxylation is 1. The van der Waals surface area contributed by atoms with Crippen molar-refractivity contribution >= 4 is 5.91 Å². The highest BCUT2D eigenvalue weighted by molar-refractivity contribution is 5.76. The molecule has 3 nitrogen and oxygen atoms in total. The Balaban J connectivity index is 1.65. The number of rotatable bonds is 6. The summed E-state index contributed by atoms with van der Waals surface area (Å²) in [6.45, 7) is 6.95. The van der Waals surface area contributed by atoms with E-state index in [-0.39, 0.29) is 11.9 Å². The molecule has 20 heavy (non-hydrogen) atoms. The Labute approximate surface area is 122 Å². The third-order valence-corrected chi connectivity index (χ3v) is 4.00. The largest absolute Gasteiger partial charge is 0.354 e. The minimum absolute atomic E-state index is 0.141. The van der Waals surface area contributed by atoms with Gasteiger partial charge in [-0.3, -0.25) is 4.79 Å². The van der Waals surface area contributed by atoms with E-state index in [0.29, 0.717) is 18.4 Å². The van der Waals surface area contributed by atoms with Gasteiger partial charge in [-0.15, -0.1) is 0 Å². The Morgan fingerprint density at radius 1 is 1.30 bits per heavy atom. The van der Waals surface area contributed by atoms with E-state index in [1.54, 1.807) is 0 Å². The lowest BCUT2D eigenvalue weighted by Gasteiger charge is -2.37. The van der Waals surface area contributed by atoms with E-state index in [2.05, 4.69) is 41.8 Å². The van der Waals surface area contributed by atoms with Gasteiger partial charge in [0.05, 0.1) is 0 Å². The molecule has 1 aromatic rings. The number of carbonyl (C=O) groups is 1. The second-order valence-electron chi connectivity index (χ2n) is 6.15. The molecule has 2 rings (SSSR count). The monoisotopic (exact) mass is 274 g/mol. The van der Waals surface area contributed by atoms with Crippen LogP contribution in [0.3, 0.4) is 0 Å². The van der Waals surface area contributed by atoms with E-state index in [0.717, 1.165) is 6.54 Å². The molecule has 0 aromatic heterocycles. The van der Waals surface area contributed by atoms with Crippen LogP contribution in [-0.4, -0.2) is 24.5 Å². The van der Waals surface area contributed by atoms with Gasteiger partial charge in [0.25, 0.3) is 0 Å². The summed E-state index contributed by atoms with van der Waals surface area (Å²) in [6, 6.07) is 9.46. The Hall–Kier alpha value is -1.35. The van der Waals surface area contributed by atoms with E-state index < -0.39 is 0 Å². The molecule has 1 aliphatic rings. The van der Waals surface area contributed by atoms with Crippen molar-refractivity contribution in [1.29, 1.82) is 0 Å². The summed E-state index contributed by atoms with van der Waals surface area (Å²) < 4.78 is 0. The number of carbonyl (C=O) groups excluding carboxylic acids is 1. The van der Waals surface area contributed by atoms with Crippen molar-refractivity contribution in [2.24, 2.45) is 0 Å². The van der Waals surface area contributed by atoms with Gasteiger partial charge in [0.1, 0.15) is 0 Å². The van der Waals surface area contributed by atoms with Gasteiger partial charge in [-0.05, 0) is 50.7 Å². The molecule has 0 atom stereocenters. The number of nitrogens with one attached hydrogen (secondary N) is 2. The lowest BCUT2D eigenvalue weighted by Crippen LogP contribution is -2.42. The maximum absolute atomic E-state index is 11.5. The summed E-state index contributed by atoms with van der Waals surface area (Å²) in [4.78, 5) is 11.5. The van der Waals surface area contributed by atoms with Gasteiger partial charge in [-0.1, -0.05) is 24.3 Å². The van der Waals surface area contributed by atoms with E-state index in [1.807, 2.05) is 13.8 Å². The van der Waals surface area contributed by atoms with Crippen LogP contribution in [0.25, 0.3) is 0 Å². The Kier molecular flexibility index (Phi) is 5.18. The zero-order valence-corrected chi connectivity index (χ0v) is 12.8. The molecule has 0 aliphatic heterocycles. The van der Waals surface area contributed by atoms with E-state index in [4.69, 9.17) is 0 Å². The average Bonchev–Trinajstić information content (AvgIpc) is 2.32. The molecule has 0 spiro atoms. The first-order valence-electron chi connectivity index (χ1n) is 7.64. The van der Waals surface area contributed by atoms with Crippen LogP contribution in [0.15, 0.2) is 24.3 Å². The van der Waals surface area contributed by atoms with Crippen molar-refractivity contribution in [3.63, 3.8) is 0 Å². The van der Waals surface area contributed by atoms with E-state index >= 15 is 0 Å². The zero-order chi connectivity index (χ0) is 14.5. The van der Waals surface area contributed by atoms with E-state index in [9.17, 15) is 4.79 Å². The molecule has 2 N–H and O–H groups in total. The Morgan fingerprint density at radius 2 is 2.00 bits per heavy atom. The molecule has 0 heterocycles. The molecular weight excluding hydrogens is 248 g/mol. The van der Waals surface area contributed by atoms with Crippen molar-refractivity contribution in [3.8, 4) is 0 Å². The van der Waals surface area contributed by atoms with Gasteiger partial charge in [-0.2, -0.15) is 0 Å². The Bertz CT molecular complexity index is 450. The summed E-state index contributed by atoms with van der Waals surface area (Å²) in [5, 5.41) is 6.40. The van der Waals surface area contributed by atoms with Crippen LogP contribution in [-0.2, 0) is 4.79 Å². The molecular formula is C17H26N2O. The van der Waals surface area contributed by atoms with Gasteiger partial charge in [0, 0.05) is 25.0 Å². The highest BCUT2D eigenvalue weighted by Gasteiger charge is 2.30. The van der Waals surface area contributed by atoms with Crippen LogP contribution in [0.1, 0.15) is 50.2 Å². The topological polar surface area (TPSA) is 41.1 Å². The minimum atomic E-state index is 0.141. The third kappa shape index (κ3) is 4.07. The Morgan fingerprint density at radius 3 is 2.65 bits per heavy atom. The molecule has 0 saturated heterocycles. The predicted molar refractivity (Wildman–Crippen MR) is 82.8 cm³/mol. The molecule has 110 valence electrons. The molecule has 1 amide bonds. The second-order valence-corrected chi connectivity index (χ2v) is 6.15. The third-order valence-electron chi connectivity index (χ3n) is 4.00. The minimum Gasteiger partial charge on any atom is -0.354 e. The van der Waals surface area contributed by atoms with Crippen LogP contribution < -0.4 is 10.6 Å². The van der Waals surface area contributed by atoms with Crippen LogP contribution in [0, 0.1) is 6.92 Å². The number of benzene rings is 1. The quantitative estimate of drug-likeness (QED) is 0.837. The van der Waals surface area contributed by atoms with Crippen LogP contribution in [0.2, 0.25) is 0 Å². The first kappa shape index (κ1) is 15.0. The zero-order valence-electron chi connectivity index (χ0n) is 12.8. The molecule has 3 heteroatoms. The maximum atomic E-state index is 11.5. The van der Waals surface area contributed by atoms with Gasteiger partial charge in [-0.25, -0.2) is 0 Å². The predicted octanol–water partition coefficient (Wildman–Crippen LogP) is 2.75. The lowest BCUT2D eigenvalue weighted by molar-refractivity contribution is -0.121. The molecule has 0 bridgehead atoms. The summed E-state index contributed by atoms with van der Waals surface area (Å²) in [5.74, 6) is 0.834. The van der Waals surface area contributed by atoms with Crippen molar-refractivity contribution in [3.05, 3.63) is 35.4 Å². The summed E-state index contributed by atoms with van der Waals surface area (Å²) >= 11 is 0. The van der Waals surface area contributed by atoms with Crippen molar-refractivity contribution < 1.29 is 4.79 Å². The van der Waals surface area contributed by atoms with Gasteiger partial charge in [0.15, 0.2) is 0 Å². The highest BCUT2D eigenvalue weighted by Crippen LogP contribution is 2.38. The van der Waals surface area contributed by atoms with Crippen molar-refractivity contribution in [2.45, 2.75) is 58.0 Å². The van der Waals surface area contributed by atoms with Crippen molar-refractivity contribution in [2.75, 3.05) is 6.54 Å². The van der Waals surface area contributed by atoms with Crippen molar-refractivity contribution in [1.82, 2.24) is 10.6 Å². The summed E-state index contributed by atoms with van der Waals surface area (Å²) in [7, 11) is 0. The SMILES string of the molecule is Cc1ccccc1C1CC(NCCC(=O)NC(C)C)C1. The van der Waals surface area contributed by atoms with Crippen LogP contribution in [0.4, 0.5) is 0 Å². The smallest absolute Gasteiger partial charge is 0.221 e. The van der Waals surface area contributed by atoms with Gasteiger partial charge in [0.2, 0.25) is 5.91 Å². The molecule has 0 unspecified atom stereocenters. The van der Waals surface area contributed by atoms with E-state index in [1.165, 1.54) is 24.0 Å². The number of hydrogen-bond acceptors (Lipinski definition) is 2. The maximum Gasteiger partial charge on any atom is 0.221 e. The summed E-state index contributed by atoms with van der Waals surface area (Å²) in [5.41, 5.74) is 2.88. The van der Waals surface area contributed by atoms with Gasteiger partial charge < -0.3 is 10.6 Å². The van der Waals surface area contributed by atoms with Crippen LogP contribution >= 0.6 is 0 Å². The first-order chi connectivity index (χ1) is 9.56. The lowest BCUT2D eigenvalue weighted by atomic mass is 9.74.